The van der Waals surface area contributed by atoms with Crippen molar-refractivity contribution in [1.82, 2.24) is 4.98 Å². The Bertz CT molecular complexity index is 410. The van der Waals surface area contributed by atoms with Crippen LogP contribution in [0.5, 0.6) is 5.75 Å². The smallest absolute Gasteiger partial charge is 0.293 e. The van der Waals surface area contributed by atoms with Crippen LogP contribution >= 0.6 is 11.6 Å². The van der Waals surface area contributed by atoms with Crippen LogP contribution in [0.3, 0.4) is 0 Å². The number of rotatable bonds is 1. The molecule has 0 aliphatic rings. The van der Waals surface area contributed by atoms with Gasteiger partial charge in [0.25, 0.3) is 5.35 Å². The lowest BCUT2D eigenvalue weighted by atomic mass is 10.3. The number of halogens is 1. The van der Waals surface area contributed by atoms with Gasteiger partial charge in [0, 0.05) is 6.07 Å². The molecule has 0 N–H and O–H groups in total. The monoisotopic (exact) mass is 183 g/mol. The van der Waals surface area contributed by atoms with Gasteiger partial charge in [-0.15, -0.1) is 0 Å². The van der Waals surface area contributed by atoms with E-state index in [9.17, 15) is 0 Å². The largest absolute Gasteiger partial charge is 0.497 e. The van der Waals surface area contributed by atoms with Crippen LogP contribution in [0.15, 0.2) is 22.6 Å². The fraction of sp³-hybridized carbons (Fsp3) is 0.125. The van der Waals surface area contributed by atoms with Gasteiger partial charge in [-0.25, -0.2) is 0 Å². The third-order valence-corrected chi connectivity index (χ3v) is 1.73. The van der Waals surface area contributed by atoms with Gasteiger partial charge in [0.1, 0.15) is 11.3 Å². The van der Waals surface area contributed by atoms with Gasteiger partial charge in [-0.1, -0.05) is 0 Å². The molecule has 0 radical (unpaired) electrons. The lowest BCUT2D eigenvalue weighted by Gasteiger charge is -1.95. The summed E-state index contributed by atoms with van der Waals surface area (Å²) in [6.07, 6.45) is 0. The molecule has 0 bridgehead atoms. The van der Waals surface area contributed by atoms with Crippen molar-refractivity contribution in [3.63, 3.8) is 0 Å². The third kappa shape index (κ3) is 1.12. The van der Waals surface area contributed by atoms with E-state index in [1.54, 1.807) is 25.3 Å². The number of hydrogen-bond acceptors (Lipinski definition) is 3. The molecule has 1 aromatic carbocycles. The Balaban J connectivity index is 2.66. The first-order valence-corrected chi connectivity index (χ1v) is 3.77. The fourth-order valence-electron chi connectivity index (χ4n) is 1.00. The average Bonchev–Trinajstić information content (AvgIpc) is 2.43. The lowest BCUT2D eigenvalue weighted by Crippen LogP contribution is -1.80. The number of nitrogens with zero attached hydrogens (tertiary/aromatic N) is 1. The first-order valence-electron chi connectivity index (χ1n) is 3.39. The lowest BCUT2D eigenvalue weighted by molar-refractivity contribution is 0.414. The van der Waals surface area contributed by atoms with Crippen LogP contribution in [0.25, 0.3) is 11.1 Å². The molecule has 62 valence electrons. The van der Waals surface area contributed by atoms with E-state index in [-0.39, 0.29) is 5.35 Å². The van der Waals surface area contributed by atoms with Crippen LogP contribution in [-0.4, -0.2) is 12.1 Å². The van der Waals surface area contributed by atoms with Crippen LogP contribution in [0.2, 0.25) is 5.35 Å². The number of ether oxygens (including phenoxy) is 1. The van der Waals surface area contributed by atoms with E-state index in [4.69, 9.17) is 20.8 Å². The van der Waals surface area contributed by atoms with Crippen LogP contribution in [0.1, 0.15) is 0 Å². The Morgan fingerprint density at radius 3 is 3.08 bits per heavy atom. The van der Waals surface area contributed by atoms with Crippen molar-refractivity contribution < 1.29 is 9.15 Å². The summed E-state index contributed by atoms with van der Waals surface area (Å²) in [4.78, 5) is 3.93. The Morgan fingerprint density at radius 1 is 1.50 bits per heavy atom. The Hall–Kier alpha value is -1.22. The van der Waals surface area contributed by atoms with E-state index < -0.39 is 0 Å². The van der Waals surface area contributed by atoms with Gasteiger partial charge in [0.2, 0.25) is 0 Å². The highest BCUT2D eigenvalue weighted by Gasteiger charge is 2.03. The molecule has 4 heteroatoms. The highest BCUT2D eigenvalue weighted by Crippen LogP contribution is 2.22. The Kier molecular flexibility index (Phi) is 1.66. The van der Waals surface area contributed by atoms with E-state index >= 15 is 0 Å². The van der Waals surface area contributed by atoms with Crippen molar-refractivity contribution in [2.45, 2.75) is 0 Å². The predicted molar refractivity (Wildman–Crippen MR) is 45.6 cm³/mol. The first kappa shape index (κ1) is 7.43. The summed E-state index contributed by atoms with van der Waals surface area (Å²) in [6, 6.07) is 5.35. The van der Waals surface area contributed by atoms with Gasteiger partial charge in [-0.2, -0.15) is 4.98 Å². The van der Waals surface area contributed by atoms with Crippen molar-refractivity contribution in [3.8, 4) is 5.75 Å². The predicted octanol–water partition coefficient (Wildman–Crippen LogP) is 2.49. The molecule has 0 saturated heterocycles. The maximum Gasteiger partial charge on any atom is 0.293 e. The van der Waals surface area contributed by atoms with Gasteiger partial charge in [-0.3, -0.25) is 0 Å². The van der Waals surface area contributed by atoms with Crippen molar-refractivity contribution in [3.05, 3.63) is 23.5 Å². The molecule has 0 amide bonds. The molecule has 0 aliphatic heterocycles. The zero-order valence-corrected chi connectivity index (χ0v) is 7.13. The second-order valence-electron chi connectivity index (χ2n) is 2.30. The van der Waals surface area contributed by atoms with Crippen LogP contribution in [0.4, 0.5) is 0 Å². The molecular weight excluding hydrogens is 178 g/mol. The van der Waals surface area contributed by atoms with E-state index in [0.29, 0.717) is 5.58 Å². The summed E-state index contributed by atoms with van der Waals surface area (Å²) in [5, 5.41) is 0.151. The maximum atomic E-state index is 5.56. The van der Waals surface area contributed by atoms with Gasteiger partial charge in [0.05, 0.1) is 7.11 Å². The SMILES string of the molecule is COc1ccc2nc(Cl)oc2c1. The van der Waals surface area contributed by atoms with Crippen LogP contribution in [0, 0.1) is 0 Å². The quantitative estimate of drug-likeness (QED) is 0.682. The molecule has 1 aromatic heterocycles. The van der Waals surface area contributed by atoms with Crippen molar-refractivity contribution in [2.75, 3.05) is 7.11 Å². The molecule has 0 atom stereocenters. The van der Waals surface area contributed by atoms with E-state index in [2.05, 4.69) is 4.98 Å². The minimum Gasteiger partial charge on any atom is -0.497 e. The highest BCUT2D eigenvalue weighted by molar-refractivity contribution is 6.28. The second-order valence-corrected chi connectivity index (χ2v) is 2.62. The molecule has 0 saturated carbocycles. The van der Waals surface area contributed by atoms with Gasteiger partial charge in [0.15, 0.2) is 5.58 Å². The molecule has 0 unspecified atom stereocenters. The average molecular weight is 184 g/mol. The Labute approximate surface area is 73.9 Å². The standard InChI is InChI=1S/C8H6ClNO2/c1-11-5-2-3-6-7(4-5)12-8(9)10-6/h2-4H,1H3. The molecule has 2 rings (SSSR count). The summed E-state index contributed by atoms with van der Waals surface area (Å²) in [5.41, 5.74) is 1.38. The van der Waals surface area contributed by atoms with Crippen molar-refractivity contribution >= 4 is 22.7 Å². The number of oxazole rings is 1. The summed E-state index contributed by atoms with van der Waals surface area (Å²) in [5.74, 6) is 0.732. The Morgan fingerprint density at radius 2 is 2.33 bits per heavy atom. The number of aromatic nitrogens is 1. The number of methoxy groups -OCH3 is 1. The van der Waals surface area contributed by atoms with Gasteiger partial charge >= 0.3 is 0 Å². The van der Waals surface area contributed by atoms with Gasteiger partial charge < -0.3 is 9.15 Å². The molecule has 12 heavy (non-hydrogen) atoms. The number of fused-ring (bicyclic) bond motifs is 1. The zero-order chi connectivity index (χ0) is 8.55. The zero-order valence-electron chi connectivity index (χ0n) is 6.37. The minimum atomic E-state index is 0.151. The molecule has 1 heterocycles. The second kappa shape index (κ2) is 2.68. The topological polar surface area (TPSA) is 35.3 Å². The maximum absolute atomic E-state index is 5.56. The van der Waals surface area contributed by atoms with Crippen molar-refractivity contribution in [2.24, 2.45) is 0 Å². The number of hydrogen-bond donors (Lipinski definition) is 0. The van der Waals surface area contributed by atoms with Crippen LogP contribution < -0.4 is 4.74 Å². The van der Waals surface area contributed by atoms with E-state index in [0.717, 1.165) is 11.3 Å². The first-order chi connectivity index (χ1) is 5.79. The van der Waals surface area contributed by atoms with Crippen molar-refractivity contribution in [1.29, 1.82) is 0 Å². The molecule has 0 spiro atoms. The molecule has 0 aliphatic carbocycles. The van der Waals surface area contributed by atoms with E-state index in [1.165, 1.54) is 0 Å². The third-order valence-electron chi connectivity index (χ3n) is 1.57. The molecule has 2 aromatic rings. The molecular formula is C8H6ClNO2. The summed E-state index contributed by atoms with van der Waals surface area (Å²) in [6.45, 7) is 0. The molecule has 0 fully saturated rings. The number of benzene rings is 1. The van der Waals surface area contributed by atoms with Crippen LogP contribution in [-0.2, 0) is 0 Å². The highest BCUT2D eigenvalue weighted by atomic mass is 35.5. The van der Waals surface area contributed by atoms with Gasteiger partial charge in [-0.05, 0) is 23.7 Å². The minimum absolute atomic E-state index is 0.151. The van der Waals surface area contributed by atoms with E-state index in [1.807, 2.05) is 0 Å². The normalized spacial score (nSPS) is 10.5. The fourth-order valence-corrected chi connectivity index (χ4v) is 1.18. The summed E-state index contributed by atoms with van der Waals surface area (Å²) < 4.78 is 10.1. The molecule has 3 nitrogen and oxygen atoms in total. The summed E-state index contributed by atoms with van der Waals surface area (Å²) >= 11 is 5.56. The summed E-state index contributed by atoms with van der Waals surface area (Å²) in [7, 11) is 1.60.